The molecule has 1 aliphatic rings. The molecular formula is C29H25IN2O5. The molecule has 1 N–H and O–H groups in total. The first-order chi connectivity index (χ1) is 17.8. The lowest BCUT2D eigenvalue weighted by atomic mass is 10.0. The Balaban J connectivity index is 1.70. The minimum Gasteiger partial charge on any atom is -0.493 e. The van der Waals surface area contributed by atoms with Gasteiger partial charge in [-0.3, -0.25) is 14.9 Å². The quantitative estimate of drug-likeness (QED) is 0.156. The standard InChI is InChI=1S/C29H25IN2O5/c1-4-7-21-14-20(16-25(36-3)26(21)37-17-19-10-12-22(30)13-11-19)15-23-27(33)31-29(35)32(28(23)34)24-9-6-5-8-18(24)2/h4-6,8-16H,1,7,17H2,2-3H3,(H,31,33,35)/b23-15+. The van der Waals surface area contributed by atoms with E-state index < -0.39 is 17.8 Å². The number of urea groups is 1. The highest BCUT2D eigenvalue weighted by Gasteiger charge is 2.37. The molecule has 0 aromatic heterocycles. The summed E-state index contributed by atoms with van der Waals surface area (Å²) >= 11 is 2.25. The van der Waals surface area contributed by atoms with Crippen LogP contribution in [0.2, 0.25) is 0 Å². The van der Waals surface area contributed by atoms with Crippen molar-refractivity contribution < 1.29 is 23.9 Å². The Morgan fingerprint density at radius 1 is 1.05 bits per heavy atom. The number of carbonyl (C=O) groups is 3. The van der Waals surface area contributed by atoms with Gasteiger partial charge in [-0.2, -0.15) is 0 Å². The Hall–Kier alpha value is -3.92. The summed E-state index contributed by atoms with van der Waals surface area (Å²) in [6.07, 6.45) is 3.66. The number of allylic oxidation sites excluding steroid dienone is 1. The number of methoxy groups -OCH3 is 1. The number of rotatable bonds is 8. The second-order valence-electron chi connectivity index (χ2n) is 8.36. The number of halogens is 1. The Bertz CT molecular complexity index is 1410. The van der Waals surface area contributed by atoms with Gasteiger partial charge in [0.05, 0.1) is 12.8 Å². The highest BCUT2D eigenvalue weighted by molar-refractivity contribution is 14.1. The molecule has 37 heavy (non-hydrogen) atoms. The minimum atomic E-state index is -0.786. The number of ether oxygens (including phenoxy) is 2. The molecule has 0 atom stereocenters. The first kappa shape index (κ1) is 26.2. The molecule has 188 valence electrons. The number of nitrogens with zero attached hydrogens (tertiary/aromatic N) is 1. The summed E-state index contributed by atoms with van der Waals surface area (Å²) in [4.78, 5) is 39.5. The maximum atomic E-state index is 13.3. The molecule has 0 unspecified atom stereocenters. The van der Waals surface area contributed by atoms with Gasteiger partial charge in [-0.05, 0) is 89.0 Å². The lowest BCUT2D eigenvalue weighted by Gasteiger charge is -2.27. The maximum Gasteiger partial charge on any atom is 0.335 e. The average Bonchev–Trinajstić information content (AvgIpc) is 2.88. The van der Waals surface area contributed by atoms with E-state index in [1.165, 1.54) is 13.2 Å². The van der Waals surface area contributed by atoms with Crippen molar-refractivity contribution in [3.63, 3.8) is 0 Å². The SMILES string of the molecule is C=CCc1cc(/C=C2\C(=O)NC(=O)N(c3ccccc3C)C2=O)cc(OC)c1OCc1ccc(I)cc1. The third-order valence-electron chi connectivity index (χ3n) is 5.80. The van der Waals surface area contributed by atoms with E-state index in [2.05, 4.69) is 34.5 Å². The maximum absolute atomic E-state index is 13.3. The molecule has 0 aliphatic carbocycles. The first-order valence-electron chi connectivity index (χ1n) is 11.5. The van der Waals surface area contributed by atoms with Gasteiger partial charge in [0.2, 0.25) is 0 Å². The fourth-order valence-electron chi connectivity index (χ4n) is 3.98. The van der Waals surface area contributed by atoms with Crippen LogP contribution in [0.5, 0.6) is 11.5 Å². The lowest BCUT2D eigenvalue weighted by Crippen LogP contribution is -2.54. The number of nitrogens with one attached hydrogen (secondary N) is 1. The number of para-hydroxylation sites is 1. The number of anilines is 1. The van der Waals surface area contributed by atoms with Gasteiger partial charge in [-0.1, -0.05) is 36.4 Å². The van der Waals surface area contributed by atoms with E-state index >= 15 is 0 Å². The zero-order valence-corrected chi connectivity index (χ0v) is 22.6. The second kappa shape index (κ2) is 11.4. The number of carbonyl (C=O) groups excluding carboxylic acids is 3. The van der Waals surface area contributed by atoms with Gasteiger partial charge in [-0.15, -0.1) is 6.58 Å². The predicted molar refractivity (Wildman–Crippen MR) is 151 cm³/mol. The average molecular weight is 608 g/mol. The zero-order chi connectivity index (χ0) is 26.5. The molecule has 3 aromatic carbocycles. The van der Waals surface area contributed by atoms with Crippen LogP contribution in [0.1, 0.15) is 22.3 Å². The van der Waals surface area contributed by atoms with E-state index in [4.69, 9.17) is 9.47 Å². The molecule has 8 heteroatoms. The number of hydrogen-bond donors (Lipinski definition) is 1. The van der Waals surface area contributed by atoms with Gasteiger partial charge in [-0.25, -0.2) is 9.69 Å². The molecule has 3 aromatic rings. The monoisotopic (exact) mass is 608 g/mol. The molecule has 0 bridgehead atoms. The number of barbiturate groups is 1. The number of amides is 4. The lowest BCUT2D eigenvalue weighted by molar-refractivity contribution is -0.122. The molecular weight excluding hydrogens is 583 g/mol. The molecule has 1 saturated heterocycles. The van der Waals surface area contributed by atoms with Crippen LogP contribution in [0, 0.1) is 10.5 Å². The van der Waals surface area contributed by atoms with Crippen molar-refractivity contribution in [2.24, 2.45) is 0 Å². The summed E-state index contributed by atoms with van der Waals surface area (Å²) in [5.74, 6) is -0.458. The van der Waals surface area contributed by atoms with Crippen LogP contribution in [-0.2, 0) is 22.6 Å². The molecule has 4 amide bonds. The van der Waals surface area contributed by atoms with E-state index in [0.29, 0.717) is 35.8 Å². The second-order valence-corrected chi connectivity index (χ2v) is 9.61. The highest BCUT2D eigenvalue weighted by Crippen LogP contribution is 2.35. The van der Waals surface area contributed by atoms with Crippen molar-refractivity contribution in [1.29, 1.82) is 0 Å². The van der Waals surface area contributed by atoms with Crippen molar-refractivity contribution in [3.8, 4) is 11.5 Å². The van der Waals surface area contributed by atoms with Crippen molar-refractivity contribution in [1.82, 2.24) is 5.32 Å². The van der Waals surface area contributed by atoms with Crippen LogP contribution in [0.4, 0.5) is 10.5 Å². The zero-order valence-electron chi connectivity index (χ0n) is 20.4. The molecule has 1 fully saturated rings. The van der Waals surface area contributed by atoms with Crippen LogP contribution < -0.4 is 19.7 Å². The van der Waals surface area contributed by atoms with Crippen LogP contribution >= 0.6 is 22.6 Å². The molecule has 0 spiro atoms. The molecule has 0 saturated carbocycles. The van der Waals surface area contributed by atoms with Gasteiger partial charge < -0.3 is 9.47 Å². The molecule has 1 aliphatic heterocycles. The normalized spacial score (nSPS) is 14.5. The third kappa shape index (κ3) is 5.75. The summed E-state index contributed by atoms with van der Waals surface area (Å²) in [6.45, 7) is 5.96. The molecule has 0 radical (unpaired) electrons. The number of hydrogen-bond acceptors (Lipinski definition) is 5. The predicted octanol–water partition coefficient (Wildman–Crippen LogP) is 5.58. The van der Waals surface area contributed by atoms with Crippen molar-refractivity contribution in [2.45, 2.75) is 20.0 Å². The summed E-state index contributed by atoms with van der Waals surface area (Å²) in [6, 6.07) is 17.7. The Labute approximate surface area is 228 Å². The van der Waals surface area contributed by atoms with Gasteiger partial charge in [0.25, 0.3) is 11.8 Å². The smallest absolute Gasteiger partial charge is 0.335 e. The van der Waals surface area contributed by atoms with Gasteiger partial charge in [0, 0.05) is 9.13 Å². The van der Waals surface area contributed by atoms with Gasteiger partial charge >= 0.3 is 6.03 Å². The van der Waals surface area contributed by atoms with E-state index in [-0.39, 0.29) is 5.57 Å². The van der Waals surface area contributed by atoms with Crippen LogP contribution in [0.25, 0.3) is 6.08 Å². The number of benzene rings is 3. The number of aryl methyl sites for hydroxylation is 1. The summed E-state index contributed by atoms with van der Waals surface area (Å²) in [7, 11) is 1.53. The summed E-state index contributed by atoms with van der Waals surface area (Å²) in [5.41, 5.74) is 3.30. The molecule has 4 rings (SSSR count). The van der Waals surface area contributed by atoms with Crippen LogP contribution in [-0.4, -0.2) is 25.0 Å². The van der Waals surface area contributed by atoms with Crippen molar-refractivity contribution in [2.75, 3.05) is 12.0 Å². The summed E-state index contributed by atoms with van der Waals surface area (Å²) in [5, 5.41) is 2.26. The van der Waals surface area contributed by atoms with Crippen LogP contribution in [0.15, 0.2) is 78.9 Å². The van der Waals surface area contributed by atoms with Crippen molar-refractivity contribution >= 4 is 52.2 Å². The fourth-order valence-corrected chi connectivity index (χ4v) is 4.34. The highest BCUT2D eigenvalue weighted by atomic mass is 127. The fraction of sp³-hybridized carbons (Fsp3) is 0.138. The van der Waals surface area contributed by atoms with Gasteiger partial charge in [0.1, 0.15) is 12.2 Å². The topological polar surface area (TPSA) is 84.9 Å². The van der Waals surface area contributed by atoms with Crippen molar-refractivity contribution in [3.05, 3.63) is 105 Å². The first-order valence-corrected chi connectivity index (χ1v) is 12.6. The Morgan fingerprint density at radius 2 is 1.78 bits per heavy atom. The van der Waals surface area contributed by atoms with Crippen LogP contribution in [0.3, 0.4) is 0 Å². The molecule has 1 heterocycles. The van der Waals surface area contributed by atoms with E-state index in [9.17, 15) is 14.4 Å². The number of imide groups is 2. The van der Waals surface area contributed by atoms with E-state index in [0.717, 1.165) is 25.2 Å². The van der Waals surface area contributed by atoms with Gasteiger partial charge in [0.15, 0.2) is 11.5 Å². The largest absolute Gasteiger partial charge is 0.493 e. The Morgan fingerprint density at radius 3 is 2.46 bits per heavy atom. The minimum absolute atomic E-state index is 0.165. The van der Waals surface area contributed by atoms with E-state index in [1.54, 1.807) is 37.3 Å². The third-order valence-corrected chi connectivity index (χ3v) is 6.52. The van der Waals surface area contributed by atoms with E-state index in [1.807, 2.05) is 36.4 Å². The Kier molecular flexibility index (Phi) is 8.08. The molecule has 7 nitrogen and oxygen atoms in total. The summed E-state index contributed by atoms with van der Waals surface area (Å²) < 4.78 is 12.9.